The Bertz CT molecular complexity index is 413. The highest BCUT2D eigenvalue weighted by molar-refractivity contribution is 7.89. The third-order valence-electron chi connectivity index (χ3n) is 4.04. The van der Waals surface area contributed by atoms with Crippen molar-refractivity contribution in [1.82, 2.24) is 14.9 Å². The van der Waals surface area contributed by atoms with E-state index in [-0.39, 0.29) is 24.4 Å². The molecule has 2 fully saturated rings. The highest BCUT2D eigenvalue weighted by Crippen LogP contribution is 2.17. The van der Waals surface area contributed by atoms with Crippen LogP contribution in [0.3, 0.4) is 0 Å². The number of hydrogen-bond acceptors (Lipinski definition) is 3. The van der Waals surface area contributed by atoms with Crippen LogP contribution < -0.4 is 10.6 Å². The molecule has 1 saturated heterocycles. The monoisotopic (exact) mass is 303 g/mol. The Morgan fingerprint density at radius 1 is 1.05 bits per heavy atom. The zero-order chi connectivity index (χ0) is 14.4. The first-order valence-corrected chi connectivity index (χ1v) is 9.21. The van der Waals surface area contributed by atoms with E-state index < -0.39 is 10.0 Å². The van der Waals surface area contributed by atoms with Gasteiger partial charge in [0.25, 0.3) is 0 Å². The van der Waals surface area contributed by atoms with Crippen LogP contribution in [0.5, 0.6) is 0 Å². The molecule has 0 radical (unpaired) electrons. The maximum absolute atomic E-state index is 12.0. The molecular formula is C13H25N3O3S. The number of sulfonamides is 1. The van der Waals surface area contributed by atoms with Gasteiger partial charge < -0.3 is 10.6 Å². The summed E-state index contributed by atoms with van der Waals surface area (Å²) in [7, 11) is -3.20. The fraction of sp³-hybridized carbons (Fsp3) is 0.923. The van der Waals surface area contributed by atoms with Gasteiger partial charge in [0.2, 0.25) is 10.0 Å². The van der Waals surface area contributed by atoms with Gasteiger partial charge in [0.05, 0.1) is 5.75 Å². The number of amides is 2. The van der Waals surface area contributed by atoms with Crippen LogP contribution in [0.25, 0.3) is 0 Å². The Morgan fingerprint density at radius 3 is 2.35 bits per heavy atom. The predicted octanol–water partition coefficient (Wildman–Crippen LogP) is 1.04. The third kappa shape index (κ3) is 4.63. The van der Waals surface area contributed by atoms with Gasteiger partial charge in [-0.1, -0.05) is 19.3 Å². The first-order chi connectivity index (χ1) is 9.58. The van der Waals surface area contributed by atoms with Crippen LogP contribution in [0.2, 0.25) is 0 Å². The van der Waals surface area contributed by atoms with E-state index in [1.54, 1.807) is 0 Å². The van der Waals surface area contributed by atoms with Gasteiger partial charge in [0.1, 0.15) is 0 Å². The van der Waals surface area contributed by atoms with Crippen molar-refractivity contribution in [3.8, 4) is 0 Å². The minimum Gasteiger partial charge on any atom is -0.337 e. The van der Waals surface area contributed by atoms with E-state index in [2.05, 4.69) is 10.6 Å². The number of nitrogens with one attached hydrogen (secondary N) is 2. The predicted molar refractivity (Wildman–Crippen MR) is 78.0 cm³/mol. The second-order valence-electron chi connectivity index (χ2n) is 5.66. The SMILES string of the molecule is O=C(NCCS(=O)(=O)N1CCCC1)NC1CCCCC1. The van der Waals surface area contributed by atoms with Gasteiger partial charge in [-0.25, -0.2) is 17.5 Å². The Morgan fingerprint density at radius 2 is 1.70 bits per heavy atom. The van der Waals surface area contributed by atoms with Crippen LogP contribution in [-0.4, -0.2) is 50.2 Å². The number of carbonyl (C=O) groups excluding carboxylic acids is 1. The summed E-state index contributed by atoms with van der Waals surface area (Å²) in [5.41, 5.74) is 0. The highest BCUT2D eigenvalue weighted by Gasteiger charge is 2.25. The Balaban J connectivity index is 1.65. The molecule has 1 heterocycles. The van der Waals surface area contributed by atoms with Crippen molar-refractivity contribution >= 4 is 16.1 Å². The van der Waals surface area contributed by atoms with E-state index in [0.29, 0.717) is 13.1 Å². The largest absolute Gasteiger partial charge is 0.337 e. The Hall–Kier alpha value is -0.820. The number of rotatable bonds is 5. The van der Waals surface area contributed by atoms with Crippen LogP contribution in [0.4, 0.5) is 4.79 Å². The van der Waals surface area contributed by atoms with Crippen LogP contribution in [0.1, 0.15) is 44.9 Å². The second-order valence-corrected chi connectivity index (χ2v) is 7.75. The molecule has 1 saturated carbocycles. The second kappa shape index (κ2) is 7.26. The molecule has 116 valence electrons. The Kier molecular flexibility index (Phi) is 5.65. The quantitative estimate of drug-likeness (QED) is 0.796. The maximum Gasteiger partial charge on any atom is 0.315 e. The zero-order valence-electron chi connectivity index (χ0n) is 11.9. The lowest BCUT2D eigenvalue weighted by Gasteiger charge is -2.23. The number of hydrogen-bond donors (Lipinski definition) is 2. The first kappa shape index (κ1) is 15.6. The van der Waals surface area contributed by atoms with Gasteiger partial charge >= 0.3 is 6.03 Å². The molecule has 0 aromatic rings. The van der Waals surface area contributed by atoms with Crippen LogP contribution in [-0.2, 0) is 10.0 Å². The average molecular weight is 303 g/mol. The fourth-order valence-corrected chi connectivity index (χ4v) is 4.31. The van der Waals surface area contributed by atoms with E-state index >= 15 is 0 Å². The van der Waals surface area contributed by atoms with Crippen molar-refractivity contribution in [2.24, 2.45) is 0 Å². The minimum absolute atomic E-state index is 0.00884. The van der Waals surface area contributed by atoms with E-state index in [1.165, 1.54) is 10.7 Å². The normalized spacial score (nSPS) is 21.8. The van der Waals surface area contributed by atoms with Crippen molar-refractivity contribution in [2.75, 3.05) is 25.4 Å². The Labute approximate surface area is 121 Å². The summed E-state index contributed by atoms with van der Waals surface area (Å²) >= 11 is 0. The van der Waals surface area contributed by atoms with Gasteiger partial charge in [0, 0.05) is 25.7 Å². The summed E-state index contributed by atoms with van der Waals surface area (Å²) < 4.78 is 25.4. The molecule has 7 heteroatoms. The molecular weight excluding hydrogens is 278 g/mol. The van der Waals surface area contributed by atoms with Crippen molar-refractivity contribution in [3.63, 3.8) is 0 Å². The molecule has 2 rings (SSSR count). The van der Waals surface area contributed by atoms with Crippen LogP contribution in [0.15, 0.2) is 0 Å². The molecule has 0 bridgehead atoms. The average Bonchev–Trinajstić information content (AvgIpc) is 2.94. The smallest absolute Gasteiger partial charge is 0.315 e. The topological polar surface area (TPSA) is 78.5 Å². The molecule has 2 aliphatic rings. The minimum atomic E-state index is -3.20. The van der Waals surface area contributed by atoms with Gasteiger partial charge in [-0.2, -0.15) is 0 Å². The third-order valence-corrected chi connectivity index (χ3v) is 5.92. The summed E-state index contributed by atoms with van der Waals surface area (Å²) in [6, 6.07) is 0.00691. The zero-order valence-corrected chi connectivity index (χ0v) is 12.8. The molecule has 6 nitrogen and oxygen atoms in total. The maximum atomic E-state index is 12.0. The molecule has 1 aliphatic carbocycles. The molecule has 1 aliphatic heterocycles. The lowest BCUT2D eigenvalue weighted by Crippen LogP contribution is -2.45. The van der Waals surface area contributed by atoms with Gasteiger partial charge in [0.15, 0.2) is 0 Å². The molecule has 0 aromatic carbocycles. The lowest BCUT2D eigenvalue weighted by molar-refractivity contribution is 0.233. The molecule has 20 heavy (non-hydrogen) atoms. The van der Waals surface area contributed by atoms with E-state index in [0.717, 1.165) is 38.5 Å². The summed E-state index contributed by atoms with van der Waals surface area (Å²) in [4.78, 5) is 11.7. The van der Waals surface area contributed by atoms with Crippen molar-refractivity contribution in [1.29, 1.82) is 0 Å². The number of nitrogens with zero attached hydrogens (tertiary/aromatic N) is 1. The van der Waals surface area contributed by atoms with E-state index in [1.807, 2.05) is 0 Å². The first-order valence-electron chi connectivity index (χ1n) is 7.60. The van der Waals surface area contributed by atoms with Crippen molar-refractivity contribution in [3.05, 3.63) is 0 Å². The lowest BCUT2D eigenvalue weighted by atomic mass is 9.96. The molecule has 2 amide bonds. The molecule has 0 spiro atoms. The summed E-state index contributed by atoms with van der Waals surface area (Å²) in [6.45, 7) is 1.42. The van der Waals surface area contributed by atoms with Crippen molar-refractivity contribution < 1.29 is 13.2 Å². The molecule has 2 N–H and O–H groups in total. The standard InChI is InChI=1S/C13H25N3O3S/c17-13(15-12-6-2-1-3-7-12)14-8-11-20(18,19)16-9-4-5-10-16/h12H,1-11H2,(H2,14,15,17). The van der Waals surface area contributed by atoms with Crippen LogP contribution >= 0.6 is 0 Å². The molecule has 0 unspecified atom stereocenters. The van der Waals surface area contributed by atoms with E-state index in [9.17, 15) is 13.2 Å². The summed E-state index contributed by atoms with van der Waals surface area (Å²) in [5.74, 6) is -0.00884. The van der Waals surface area contributed by atoms with Crippen LogP contribution in [0, 0.1) is 0 Å². The van der Waals surface area contributed by atoms with E-state index in [4.69, 9.17) is 0 Å². The molecule has 0 aromatic heterocycles. The highest BCUT2D eigenvalue weighted by atomic mass is 32.2. The van der Waals surface area contributed by atoms with Gasteiger partial charge in [-0.3, -0.25) is 0 Å². The summed E-state index contributed by atoms with van der Waals surface area (Å²) in [5, 5.41) is 5.57. The fourth-order valence-electron chi connectivity index (χ4n) is 2.87. The number of urea groups is 1. The summed E-state index contributed by atoms with van der Waals surface area (Å²) in [6.07, 6.45) is 7.50. The van der Waals surface area contributed by atoms with Gasteiger partial charge in [-0.05, 0) is 25.7 Å². The molecule has 0 atom stereocenters. The van der Waals surface area contributed by atoms with Gasteiger partial charge in [-0.15, -0.1) is 0 Å². The number of carbonyl (C=O) groups is 1. The van der Waals surface area contributed by atoms with Crippen molar-refractivity contribution in [2.45, 2.75) is 51.0 Å².